The van der Waals surface area contributed by atoms with Crippen LogP contribution < -0.4 is 10.6 Å². The van der Waals surface area contributed by atoms with Crippen molar-refractivity contribution in [2.24, 2.45) is 11.7 Å². The molecule has 92 valence electrons. The Bertz CT molecular complexity index is 379. The summed E-state index contributed by atoms with van der Waals surface area (Å²) in [6.07, 6.45) is 7.25. The quantitative estimate of drug-likeness (QED) is 0.616. The van der Waals surface area contributed by atoms with Crippen LogP contribution in [-0.2, 0) is 0 Å². The molecule has 0 aromatic carbocycles. The maximum Gasteiger partial charge on any atom is 0.141 e. The lowest BCUT2D eigenvalue weighted by Crippen LogP contribution is -2.24. The van der Waals surface area contributed by atoms with Gasteiger partial charge in [0, 0.05) is 13.6 Å². The number of nitrogens with two attached hydrogens (primary N) is 1. The second kappa shape index (κ2) is 5.17. The molecule has 1 aromatic heterocycles. The number of amidine groups is 1. The SMILES string of the molecule is CN(CC1CCCC1)c1ccc(C(=N)N)nc1. The molecule has 0 radical (unpaired) electrons. The highest BCUT2D eigenvalue weighted by Crippen LogP contribution is 2.26. The van der Waals surface area contributed by atoms with E-state index in [1.807, 2.05) is 12.1 Å². The first-order valence-corrected chi connectivity index (χ1v) is 6.18. The fraction of sp³-hybridized carbons (Fsp3) is 0.538. The van der Waals surface area contributed by atoms with Gasteiger partial charge in [0.1, 0.15) is 11.5 Å². The van der Waals surface area contributed by atoms with Gasteiger partial charge < -0.3 is 10.6 Å². The van der Waals surface area contributed by atoms with Crippen molar-refractivity contribution in [2.45, 2.75) is 25.7 Å². The molecular weight excluding hydrogens is 212 g/mol. The molecule has 1 aliphatic rings. The average molecular weight is 232 g/mol. The largest absolute Gasteiger partial charge is 0.382 e. The second-order valence-electron chi connectivity index (χ2n) is 4.85. The summed E-state index contributed by atoms with van der Waals surface area (Å²) in [5.41, 5.74) is 7.02. The fourth-order valence-electron chi connectivity index (χ4n) is 2.46. The number of rotatable bonds is 4. The fourth-order valence-corrected chi connectivity index (χ4v) is 2.46. The predicted molar refractivity (Wildman–Crippen MR) is 70.5 cm³/mol. The third-order valence-corrected chi connectivity index (χ3v) is 3.47. The van der Waals surface area contributed by atoms with Gasteiger partial charge in [-0.15, -0.1) is 0 Å². The topological polar surface area (TPSA) is 66.0 Å². The first-order valence-electron chi connectivity index (χ1n) is 6.18. The van der Waals surface area contributed by atoms with Gasteiger partial charge in [0.05, 0.1) is 11.9 Å². The van der Waals surface area contributed by atoms with Gasteiger partial charge in [-0.3, -0.25) is 10.4 Å². The third-order valence-electron chi connectivity index (χ3n) is 3.47. The molecule has 4 nitrogen and oxygen atoms in total. The van der Waals surface area contributed by atoms with Crippen molar-refractivity contribution in [1.82, 2.24) is 4.98 Å². The third kappa shape index (κ3) is 2.96. The van der Waals surface area contributed by atoms with Crippen LogP contribution in [0.15, 0.2) is 18.3 Å². The number of pyridine rings is 1. The molecule has 2 rings (SSSR count). The van der Waals surface area contributed by atoms with Crippen LogP contribution in [0.1, 0.15) is 31.4 Å². The summed E-state index contributed by atoms with van der Waals surface area (Å²) in [5, 5.41) is 7.30. The Morgan fingerprint density at radius 1 is 1.47 bits per heavy atom. The van der Waals surface area contributed by atoms with Gasteiger partial charge >= 0.3 is 0 Å². The molecule has 0 spiro atoms. The number of hydrogen-bond acceptors (Lipinski definition) is 3. The number of nitrogen functional groups attached to an aromatic ring is 1. The van der Waals surface area contributed by atoms with Crippen molar-refractivity contribution in [3.05, 3.63) is 24.0 Å². The molecule has 0 bridgehead atoms. The van der Waals surface area contributed by atoms with Crippen molar-refractivity contribution in [2.75, 3.05) is 18.5 Å². The van der Waals surface area contributed by atoms with Crippen LogP contribution in [0.2, 0.25) is 0 Å². The molecule has 1 fully saturated rings. The summed E-state index contributed by atoms with van der Waals surface area (Å²) in [6, 6.07) is 3.79. The molecule has 1 saturated carbocycles. The molecule has 0 saturated heterocycles. The summed E-state index contributed by atoms with van der Waals surface area (Å²) in [5.74, 6) is 0.850. The van der Waals surface area contributed by atoms with E-state index in [4.69, 9.17) is 11.1 Å². The number of nitrogens with zero attached hydrogens (tertiary/aromatic N) is 2. The highest BCUT2D eigenvalue weighted by molar-refractivity contribution is 5.93. The van der Waals surface area contributed by atoms with Gasteiger partial charge in [0.15, 0.2) is 0 Å². The molecule has 0 atom stereocenters. The van der Waals surface area contributed by atoms with E-state index < -0.39 is 0 Å². The Morgan fingerprint density at radius 3 is 2.71 bits per heavy atom. The highest BCUT2D eigenvalue weighted by atomic mass is 15.1. The maximum atomic E-state index is 7.30. The summed E-state index contributed by atoms with van der Waals surface area (Å²) < 4.78 is 0. The zero-order valence-corrected chi connectivity index (χ0v) is 10.3. The lowest BCUT2D eigenvalue weighted by atomic mass is 10.1. The van der Waals surface area contributed by atoms with Crippen LogP contribution in [0, 0.1) is 11.3 Å². The summed E-state index contributed by atoms with van der Waals surface area (Å²) in [7, 11) is 2.10. The van der Waals surface area contributed by atoms with E-state index in [0.29, 0.717) is 5.69 Å². The Hall–Kier alpha value is -1.58. The van der Waals surface area contributed by atoms with Gasteiger partial charge in [0.2, 0.25) is 0 Å². The molecule has 17 heavy (non-hydrogen) atoms. The smallest absolute Gasteiger partial charge is 0.141 e. The van der Waals surface area contributed by atoms with E-state index in [2.05, 4.69) is 16.9 Å². The molecule has 0 aliphatic heterocycles. The minimum absolute atomic E-state index is 0.0231. The normalized spacial score (nSPS) is 16.1. The van der Waals surface area contributed by atoms with E-state index >= 15 is 0 Å². The van der Waals surface area contributed by atoms with E-state index in [9.17, 15) is 0 Å². The van der Waals surface area contributed by atoms with Crippen molar-refractivity contribution < 1.29 is 0 Å². The van der Waals surface area contributed by atoms with E-state index in [1.54, 1.807) is 6.20 Å². The molecular formula is C13H20N4. The lowest BCUT2D eigenvalue weighted by molar-refractivity contribution is 0.547. The molecule has 4 heteroatoms. The number of aromatic nitrogens is 1. The lowest BCUT2D eigenvalue weighted by Gasteiger charge is -2.22. The van der Waals surface area contributed by atoms with Crippen molar-refractivity contribution in [1.29, 1.82) is 5.41 Å². The number of nitrogens with one attached hydrogen (secondary N) is 1. The first-order chi connectivity index (χ1) is 8.16. The second-order valence-corrected chi connectivity index (χ2v) is 4.85. The van der Waals surface area contributed by atoms with Crippen LogP contribution in [0.5, 0.6) is 0 Å². The van der Waals surface area contributed by atoms with Crippen LogP contribution in [0.3, 0.4) is 0 Å². The van der Waals surface area contributed by atoms with Crippen molar-refractivity contribution >= 4 is 11.5 Å². The monoisotopic (exact) mass is 232 g/mol. The first kappa shape index (κ1) is 11.9. The van der Waals surface area contributed by atoms with E-state index in [-0.39, 0.29) is 5.84 Å². The Balaban J connectivity index is 1.98. The summed E-state index contributed by atoms with van der Waals surface area (Å²) in [4.78, 5) is 6.43. The minimum Gasteiger partial charge on any atom is -0.382 e. The van der Waals surface area contributed by atoms with Crippen LogP contribution in [0.25, 0.3) is 0 Å². The van der Waals surface area contributed by atoms with Crippen molar-refractivity contribution in [3.63, 3.8) is 0 Å². The molecule has 3 N–H and O–H groups in total. The van der Waals surface area contributed by atoms with Gasteiger partial charge in [0.25, 0.3) is 0 Å². The number of hydrogen-bond donors (Lipinski definition) is 2. The standard InChI is InChI=1S/C13H20N4/c1-17(9-10-4-2-3-5-10)11-6-7-12(13(14)15)16-8-11/h6-8,10H,2-5,9H2,1H3,(H3,14,15). The van der Waals surface area contributed by atoms with E-state index in [1.165, 1.54) is 25.7 Å². The Kier molecular flexibility index (Phi) is 3.61. The Morgan fingerprint density at radius 2 is 2.18 bits per heavy atom. The average Bonchev–Trinajstić information content (AvgIpc) is 2.82. The molecule has 1 aromatic rings. The zero-order chi connectivity index (χ0) is 12.3. The molecule has 0 amide bonds. The van der Waals surface area contributed by atoms with Gasteiger partial charge in [-0.2, -0.15) is 0 Å². The highest BCUT2D eigenvalue weighted by Gasteiger charge is 2.17. The Labute approximate surface area is 102 Å². The zero-order valence-electron chi connectivity index (χ0n) is 10.3. The summed E-state index contributed by atoms with van der Waals surface area (Å²) in [6.45, 7) is 1.10. The van der Waals surface area contributed by atoms with Crippen LogP contribution in [-0.4, -0.2) is 24.4 Å². The number of anilines is 1. The maximum absolute atomic E-state index is 7.30. The van der Waals surface area contributed by atoms with Crippen molar-refractivity contribution in [3.8, 4) is 0 Å². The van der Waals surface area contributed by atoms with E-state index in [0.717, 1.165) is 18.2 Å². The summed E-state index contributed by atoms with van der Waals surface area (Å²) >= 11 is 0. The minimum atomic E-state index is 0.0231. The van der Waals surface area contributed by atoms with Gasteiger partial charge in [-0.05, 0) is 30.9 Å². The predicted octanol–water partition coefficient (Wildman–Crippen LogP) is 1.99. The van der Waals surface area contributed by atoms with Gasteiger partial charge in [-0.25, -0.2) is 0 Å². The van der Waals surface area contributed by atoms with Crippen LogP contribution >= 0.6 is 0 Å². The molecule has 1 heterocycles. The molecule has 1 aliphatic carbocycles. The molecule has 0 unspecified atom stereocenters. The van der Waals surface area contributed by atoms with Crippen LogP contribution in [0.4, 0.5) is 5.69 Å². The van der Waals surface area contributed by atoms with Gasteiger partial charge in [-0.1, -0.05) is 12.8 Å².